The van der Waals surface area contributed by atoms with Crippen molar-refractivity contribution in [2.24, 2.45) is 11.8 Å². The zero-order valence-electron chi connectivity index (χ0n) is 47.8. The number of hydrogen-bond acceptors (Lipinski definition) is 10. The molecule has 2 aliphatic carbocycles. The summed E-state index contributed by atoms with van der Waals surface area (Å²) < 4.78 is 48.0. The zero-order chi connectivity index (χ0) is 58.3. The van der Waals surface area contributed by atoms with Crippen LogP contribution in [0.25, 0.3) is 21.8 Å². The molecule has 5 aliphatic rings. The van der Waals surface area contributed by atoms with E-state index >= 15 is 0 Å². The molecule has 3 aromatic carbocycles. The molecule has 6 amide bonds. The average molecular weight is 1230 g/mol. The number of amides is 6. The summed E-state index contributed by atoms with van der Waals surface area (Å²) in [5.74, 6) is -0.969. The Balaban J connectivity index is 0.000000179. The Hall–Kier alpha value is -6.07. The van der Waals surface area contributed by atoms with Gasteiger partial charge >= 0.3 is 90.6 Å². The summed E-state index contributed by atoms with van der Waals surface area (Å²) in [6.45, 7) is 16.9. The van der Waals surface area contributed by atoms with E-state index in [1.807, 2.05) is 88.3 Å². The minimum atomic E-state index is -4.48. The third-order valence-electron chi connectivity index (χ3n) is 16.2. The molecule has 6 atom stereocenters. The van der Waals surface area contributed by atoms with Crippen molar-refractivity contribution < 1.29 is 40.2 Å². The number of imide groups is 2. The zero-order valence-corrected chi connectivity index (χ0v) is 50.0. The Bertz CT molecular complexity index is 3090. The molecule has 2 fully saturated rings. The minimum absolute atomic E-state index is 0.0562. The van der Waals surface area contributed by atoms with E-state index in [-0.39, 0.29) is 54.0 Å². The number of urea groups is 2. The molecule has 0 unspecified atom stereocenters. The molecule has 10 rings (SSSR count). The van der Waals surface area contributed by atoms with Gasteiger partial charge in [-0.1, -0.05) is 36.4 Å². The fourth-order valence-electron chi connectivity index (χ4n) is 12.7. The van der Waals surface area contributed by atoms with Crippen molar-refractivity contribution in [1.29, 1.82) is 0 Å². The maximum absolute atomic E-state index is 13.9. The molecule has 3 aliphatic heterocycles. The number of carbonyl (C=O) groups is 5. The van der Waals surface area contributed by atoms with Crippen molar-refractivity contribution in [2.75, 3.05) is 98.6 Å². The molecule has 20 heteroatoms. The van der Waals surface area contributed by atoms with Gasteiger partial charge in [0.1, 0.15) is 5.69 Å². The van der Waals surface area contributed by atoms with Gasteiger partial charge in [-0.25, -0.2) is 9.59 Å². The number of rotatable bonds is 16. The predicted molar refractivity (Wildman–Crippen MR) is 320 cm³/mol. The summed E-state index contributed by atoms with van der Waals surface area (Å²) >= 11 is -1.52. The van der Waals surface area contributed by atoms with Gasteiger partial charge in [0.25, 0.3) is 0 Å². The van der Waals surface area contributed by atoms with Crippen molar-refractivity contribution in [1.82, 2.24) is 50.0 Å². The topological polar surface area (TPSA) is 170 Å². The summed E-state index contributed by atoms with van der Waals surface area (Å²) in [4.78, 5) is 83.7. The number of aromatic nitrogens is 2. The summed E-state index contributed by atoms with van der Waals surface area (Å²) in [6.07, 6.45) is 5.18. The summed E-state index contributed by atoms with van der Waals surface area (Å²) in [5, 5.41) is 7.53. The third kappa shape index (κ3) is 13.6. The number of halogens is 4. The number of fused-ring (bicyclic) bond motifs is 5. The molecule has 0 radical (unpaired) electrons. The molecule has 16 nitrogen and oxygen atoms in total. The van der Waals surface area contributed by atoms with E-state index in [1.54, 1.807) is 18.2 Å². The summed E-state index contributed by atoms with van der Waals surface area (Å²) in [7, 11) is 7.89. The van der Waals surface area contributed by atoms with Crippen LogP contribution >= 0.6 is 20.2 Å². The van der Waals surface area contributed by atoms with Crippen LogP contribution in [0.5, 0.6) is 0 Å². The molecule has 0 saturated carbocycles. The van der Waals surface area contributed by atoms with Gasteiger partial charge in [-0.05, 0) is 128 Å². The number of aromatic amines is 2. The van der Waals surface area contributed by atoms with Gasteiger partial charge in [0, 0.05) is 104 Å². The molecule has 2 aromatic heterocycles. The van der Waals surface area contributed by atoms with Crippen LogP contribution in [-0.2, 0) is 31.7 Å². The second-order valence-corrected chi connectivity index (χ2v) is 26.2. The summed E-state index contributed by atoms with van der Waals surface area (Å²) in [6, 6.07) is 18.9. The molecule has 5 aromatic rings. The molecule has 2 saturated heterocycles. The van der Waals surface area contributed by atoms with E-state index in [4.69, 9.17) is 3.07 Å². The molecule has 5 heterocycles. The SMILES string of the molecule is C=CCN1C[C@H](C(=O)N(CCCN(C)C)C(=O)NCC)C[C@@H]2c3cccc4[nH]c(C(F)(F)F)c(c34)C[C@H]21.C=CCN1C[C@H](C(=O)N(CCCN(C)C)C(=O)NCC)C[C@@H]2c3cccc4[nH]cc(c34)C[C@H]21.CI1OC(=O)c2ccccc21. The van der Waals surface area contributed by atoms with Gasteiger partial charge in [0.05, 0.1) is 11.8 Å². The van der Waals surface area contributed by atoms with Crippen molar-refractivity contribution >= 4 is 71.9 Å². The quantitative estimate of drug-likeness (QED) is 0.0424. The standard InChI is InChI=1S/C27H36F3N5O2.C26H37N5O2.C8H7IO2/c1-5-11-34-16-17(25(36)35(26(37)31-6-2)13-8-12-33(3)4)14-19-18-9-7-10-21-23(18)20(15-22(19)34)24(32-21)27(28,29)30;1-5-11-30-17-19(25(32)31(26(33)27-6-2)13-8-12-29(3)4)14-21-20-9-7-10-22-24(20)18(16-28-22)15-23(21)30;1-9-7-5-3-2-4-6(7)8(10)11-9/h5,7,9-10,17,19,22,32H,1,6,8,11-16H2,2-4H3,(H,31,37);5,7,9-10,16,19,21,23,28H,1,6,8,11-15,17H2,2-4H3,(H,27,33);2-5H,1H3/t17-,19-,22-;19-,21-,23-;/m11./s1. The number of carbonyl (C=O) groups excluding carboxylic acids is 5. The Morgan fingerprint density at radius 3 is 1.75 bits per heavy atom. The van der Waals surface area contributed by atoms with Gasteiger partial charge in [-0.3, -0.25) is 29.2 Å². The predicted octanol–water partition coefficient (Wildman–Crippen LogP) is 9.48. The first kappa shape index (κ1) is 61.0. The van der Waals surface area contributed by atoms with E-state index in [2.05, 4.69) is 72.9 Å². The number of piperidine rings is 2. The second kappa shape index (κ2) is 26.9. The fraction of sp³-hybridized carbons (Fsp3) is 0.492. The van der Waals surface area contributed by atoms with Gasteiger partial charge in [-0.2, -0.15) is 13.2 Å². The molecular formula is C61H80F3IN10O6. The second-order valence-electron chi connectivity index (χ2n) is 22.2. The Kier molecular flexibility index (Phi) is 20.3. The number of likely N-dealkylation sites (tertiary alicyclic amines) is 2. The average Bonchev–Trinajstić information content (AvgIpc) is 4.36. The molecule has 0 spiro atoms. The molecule has 4 N–H and O–H groups in total. The van der Waals surface area contributed by atoms with Crippen molar-refractivity contribution in [3.63, 3.8) is 0 Å². The van der Waals surface area contributed by atoms with Crippen LogP contribution in [0.2, 0.25) is 0 Å². The van der Waals surface area contributed by atoms with Crippen LogP contribution < -0.4 is 10.6 Å². The monoisotopic (exact) mass is 1230 g/mol. The molecule has 438 valence electrons. The van der Waals surface area contributed by atoms with Crippen LogP contribution in [0.4, 0.5) is 22.8 Å². The Labute approximate surface area is 481 Å². The molecule has 0 bridgehead atoms. The van der Waals surface area contributed by atoms with Gasteiger partial charge < -0.3 is 30.4 Å². The number of alkyl halides is 4. The van der Waals surface area contributed by atoms with E-state index in [0.717, 1.165) is 59.1 Å². The normalized spacial score (nSPS) is 21.4. The van der Waals surface area contributed by atoms with E-state index in [0.29, 0.717) is 81.2 Å². The van der Waals surface area contributed by atoms with Crippen LogP contribution in [0.3, 0.4) is 0 Å². The number of nitrogens with zero attached hydrogens (tertiary/aromatic N) is 6. The van der Waals surface area contributed by atoms with Crippen molar-refractivity contribution in [2.45, 2.75) is 82.5 Å². The maximum atomic E-state index is 13.9. The first-order valence-corrected chi connectivity index (χ1v) is 32.3. The fourth-order valence-corrected chi connectivity index (χ4v) is 15.7. The van der Waals surface area contributed by atoms with Gasteiger partial charge in [-0.15, -0.1) is 13.2 Å². The Morgan fingerprint density at radius 1 is 0.728 bits per heavy atom. The Morgan fingerprint density at radius 2 is 1.25 bits per heavy atom. The van der Waals surface area contributed by atoms with E-state index < -0.39 is 44.1 Å². The van der Waals surface area contributed by atoms with Gasteiger partial charge in [0.15, 0.2) is 0 Å². The van der Waals surface area contributed by atoms with E-state index in [1.165, 1.54) is 26.3 Å². The third-order valence-corrected chi connectivity index (χ3v) is 19.8. The first-order chi connectivity index (χ1) is 38.8. The number of hydrogen-bond donors (Lipinski definition) is 4. The van der Waals surface area contributed by atoms with Crippen LogP contribution in [0, 0.1) is 15.4 Å². The van der Waals surface area contributed by atoms with E-state index in [9.17, 15) is 37.1 Å². The number of benzene rings is 3. The van der Waals surface area contributed by atoms with Crippen molar-refractivity contribution in [3.05, 3.63) is 129 Å². The van der Waals surface area contributed by atoms with Crippen LogP contribution in [0.1, 0.15) is 89.7 Å². The molecular weight excluding hydrogens is 1150 g/mol. The van der Waals surface area contributed by atoms with Gasteiger partial charge in [0.2, 0.25) is 11.8 Å². The van der Waals surface area contributed by atoms with Crippen LogP contribution in [-0.4, -0.2) is 180 Å². The summed E-state index contributed by atoms with van der Waals surface area (Å²) in [5.41, 5.74) is 5.53. The first-order valence-electron chi connectivity index (χ1n) is 28.2. The number of nitrogens with one attached hydrogen (secondary N) is 4. The number of H-pyrrole nitrogens is 2. The molecule has 81 heavy (non-hydrogen) atoms. The van der Waals surface area contributed by atoms with Crippen LogP contribution in [0.15, 0.2) is 92.2 Å². The van der Waals surface area contributed by atoms with Crippen molar-refractivity contribution in [3.8, 4) is 0 Å².